The van der Waals surface area contributed by atoms with Crippen LogP contribution < -0.4 is 15.2 Å². The van der Waals surface area contributed by atoms with Crippen molar-refractivity contribution in [3.05, 3.63) is 53.1 Å². The van der Waals surface area contributed by atoms with Crippen LogP contribution in [0.25, 0.3) is 0 Å². The van der Waals surface area contributed by atoms with Crippen LogP contribution in [0.3, 0.4) is 0 Å². The molecular formula is C17H18F2N2O4S. The normalized spacial score (nSPS) is 11.5. The highest BCUT2D eigenvalue weighted by Gasteiger charge is 2.14. The number of ether oxygens (including phenoxy) is 1. The maximum absolute atomic E-state index is 12.2. The molecule has 0 saturated carbocycles. The van der Waals surface area contributed by atoms with Gasteiger partial charge in [0.15, 0.2) is 0 Å². The molecule has 26 heavy (non-hydrogen) atoms. The summed E-state index contributed by atoms with van der Waals surface area (Å²) >= 11 is 0. The largest absolute Gasteiger partial charge is 0.435 e. The Kier molecular flexibility index (Phi) is 5.94. The molecule has 0 aliphatic heterocycles. The third-order valence-electron chi connectivity index (χ3n) is 3.76. The second-order valence-corrected chi connectivity index (χ2v) is 7.27. The summed E-state index contributed by atoms with van der Waals surface area (Å²) in [5, 5.41) is 7.79. The number of anilines is 1. The first-order valence-corrected chi connectivity index (χ1v) is 9.08. The molecule has 0 unspecified atom stereocenters. The predicted molar refractivity (Wildman–Crippen MR) is 92.7 cm³/mol. The monoisotopic (exact) mass is 384 g/mol. The van der Waals surface area contributed by atoms with E-state index in [-0.39, 0.29) is 23.0 Å². The number of rotatable bonds is 6. The quantitative estimate of drug-likeness (QED) is 0.800. The van der Waals surface area contributed by atoms with E-state index in [1.807, 2.05) is 0 Å². The second-order valence-electron chi connectivity index (χ2n) is 5.71. The number of carbonyl (C=O) groups excluding carboxylic acids is 1. The Morgan fingerprint density at radius 2 is 1.81 bits per heavy atom. The van der Waals surface area contributed by atoms with Gasteiger partial charge in [0.25, 0.3) is 0 Å². The number of hydrogen-bond acceptors (Lipinski definition) is 4. The second kappa shape index (κ2) is 7.79. The number of aryl methyl sites for hydroxylation is 1. The van der Waals surface area contributed by atoms with Crippen molar-refractivity contribution in [1.29, 1.82) is 0 Å². The molecule has 6 nitrogen and oxygen atoms in total. The molecular weight excluding hydrogens is 366 g/mol. The summed E-state index contributed by atoms with van der Waals surface area (Å²) in [5.74, 6) is -0.391. The standard InChI is InChI=1S/C17H18F2N2O4S/c1-10-7-14(26(20,23)24)9-15(11(10)2)21-16(22)8-12-3-5-13(6-4-12)25-17(18)19/h3-7,9,17H,8H2,1-2H3,(H,21,22)(H2,20,23,24). The van der Waals surface area contributed by atoms with E-state index in [4.69, 9.17) is 5.14 Å². The van der Waals surface area contributed by atoms with Gasteiger partial charge in [0.05, 0.1) is 11.3 Å². The zero-order valence-corrected chi connectivity index (χ0v) is 14.9. The highest BCUT2D eigenvalue weighted by Crippen LogP contribution is 2.24. The summed E-state index contributed by atoms with van der Waals surface area (Å²) in [5.41, 5.74) is 2.31. The molecule has 0 heterocycles. The van der Waals surface area contributed by atoms with Crippen LogP contribution in [0.5, 0.6) is 5.75 Å². The van der Waals surface area contributed by atoms with E-state index in [9.17, 15) is 22.0 Å². The summed E-state index contributed by atoms with van der Waals surface area (Å²) in [6.45, 7) is 0.539. The number of nitrogens with two attached hydrogens (primary N) is 1. The van der Waals surface area contributed by atoms with Gasteiger partial charge in [-0.05, 0) is 54.8 Å². The first kappa shape index (κ1) is 19.8. The van der Waals surface area contributed by atoms with Crippen LogP contribution in [-0.2, 0) is 21.2 Å². The van der Waals surface area contributed by atoms with E-state index >= 15 is 0 Å². The maximum Gasteiger partial charge on any atom is 0.387 e. The third-order valence-corrected chi connectivity index (χ3v) is 4.65. The van der Waals surface area contributed by atoms with Crippen molar-refractivity contribution in [1.82, 2.24) is 0 Å². The zero-order valence-electron chi connectivity index (χ0n) is 14.1. The smallest absolute Gasteiger partial charge is 0.387 e. The van der Waals surface area contributed by atoms with E-state index in [0.717, 1.165) is 0 Å². The molecule has 0 radical (unpaired) electrons. The van der Waals surface area contributed by atoms with Crippen LogP contribution in [-0.4, -0.2) is 20.9 Å². The number of amides is 1. The van der Waals surface area contributed by atoms with Crippen molar-refractivity contribution in [3.8, 4) is 5.75 Å². The van der Waals surface area contributed by atoms with Gasteiger partial charge < -0.3 is 10.1 Å². The Hall–Kier alpha value is -2.52. The Bertz CT molecular complexity index is 913. The van der Waals surface area contributed by atoms with Gasteiger partial charge in [-0.3, -0.25) is 4.79 Å². The average molecular weight is 384 g/mol. The minimum atomic E-state index is -3.90. The van der Waals surface area contributed by atoms with Crippen LogP contribution in [0.1, 0.15) is 16.7 Å². The van der Waals surface area contributed by atoms with E-state index in [2.05, 4.69) is 10.1 Å². The number of benzene rings is 2. The SMILES string of the molecule is Cc1cc(S(N)(=O)=O)cc(NC(=O)Cc2ccc(OC(F)F)cc2)c1C. The average Bonchev–Trinajstić information content (AvgIpc) is 2.52. The van der Waals surface area contributed by atoms with Crippen LogP contribution in [0, 0.1) is 13.8 Å². The molecule has 2 aromatic carbocycles. The highest BCUT2D eigenvalue weighted by molar-refractivity contribution is 7.89. The van der Waals surface area contributed by atoms with Crippen molar-refractivity contribution in [2.45, 2.75) is 31.8 Å². The molecule has 0 aromatic heterocycles. The van der Waals surface area contributed by atoms with Gasteiger partial charge in [-0.2, -0.15) is 8.78 Å². The van der Waals surface area contributed by atoms with Crippen molar-refractivity contribution in [2.75, 3.05) is 5.32 Å². The fraction of sp³-hybridized carbons (Fsp3) is 0.235. The zero-order chi connectivity index (χ0) is 19.5. The van der Waals surface area contributed by atoms with Gasteiger partial charge in [-0.25, -0.2) is 13.6 Å². The maximum atomic E-state index is 12.2. The Labute approximate surface area is 150 Å². The van der Waals surface area contributed by atoms with Gasteiger partial charge in [-0.1, -0.05) is 12.1 Å². The lowest BCUT2D eigenvalue weighted by Gasteiger charge is -2.13. The Morgan fingerprint density at radius 1 is 1.19 bits per heavy atom. The topological polar surface area (TPSA) is 98.5 Å². The summed E-state index contributed by atoms with van der Waals surface area (Å²) in [4.78, 5) is 12.1. The van der Waals surface area contributed by atoms with Crippen molar-refractivity contribution in [2.24, 2.45) is 5.14 Å². The molecule has 0 aliphatic rings. The molecule has 0 aliphatic carbocycles. The first-order chi connectivity index (χ1) is 12.1. The van der Waals surface area contributed by atoms with E-state index in [1.54, 1.807) is 13.8 Å². The van der Waals surface area contributed by atoms with Gasteiger partial charge in [0.2, 0.25) is 15.9 Å². The fourth-order valence-corrected chi connectivity index (χ4v) is 2.91. The van der Waals surface area contributed by atoms with Crippen LogP contribution >= 0.6 is 0 Å². The number of carbonyl (C=O) groups is 1. The minimum absolute atomic E-state index is 0.00326. The molecule has 2 aromatic rings. The van der Waals surface area contributed by atoms with Gasteiger partial charge in [0, 0.05) is 5.69 Å². The molecule has 140 valence electrons. The van der Waals surface area contributed by atoms with Gasteiger partial charge >= 0.3 is 6.61 Å². The van der Waals surface area contributed by atoms with Crippen LogP contribution in [0.2, 0.25) is 0 Å². The number of sulfonamides is 1. The number of alkyl halides is 2. The Morgan fingerprint density at radius 3 is 2.35 bits per heavy atom. The first-order valence-electron chi connectivity index (χ1n) is 7.54. The summed E-state index contributed by atoms with van der Waals surface area (Å²) in [6, 6.07) is 8.40. The summed E-state index contributed by atoms with van der Waals surface area (Å²) in [7, 11) is -3.90. The lowest BCUT2D eigenvalue weighted by molar-refractivity contribution is -0.115. The Balaban J connectivity index is 2.14. The van der Waals surface area contributed by atoms with E-state index in [1.165, 1.54) is 36.4 Å². The lowest BCUT2D eigenvalue weighted by atomic mass is 10.1. The molecule has 0 spiro atoms. The molecule has 0 bridgehead atoms. The van der Waals surface area contributed by atoms with Crippen molar-refractivity contribution >= 4 is 21.6 Å². The number of nitrogens with one attached hydrogen (secondary N) is 1. The minimum Gasteiger partial charge on any atom is -0.435 e. The summed E-state index contributed by atoms with van der Waals surface area (Å²) < 4.78 is 51.6. The summed E-state index contributed by atoms with van der Waals surface area (Å²) in [6.07, 6.45) is -0.0208. The van der Waals surface area contributed by atoms with E-state index < -0.39 is 16.6 Å². The molecule has 0 atom stereocenters. The van der Waals surface area contributed by atoms with E-state index in [0.29, 0.717) is 22.4 Å². The predicted octanol–water partition coefficient (Wildman–Crippen LogP) is 2.73. The molecule has 9 heteroatoms. The molecule has 0 fully saturated rings. The molecule has 0 saturated heterocycles. The van der Waals surface area contributed by atoms with Gasteiger partial charge in [0.1, 0.15) is 5.75 Å². The number of primary sulfonamides is 1. The fourth-order valence-electron chi connectivity index (χ4n) is 2.29. The molecule has 2 rings (SSSR count). The van der Waals surface area contributed by atoms with Crippen LogP contribution in [0.4, 0.5) is 14.5 Å². The van der Waals surface area contributed by atoms with Crippen molar-refractivity contribution < 1.29 is 26.7 Å². The lowest BCUT2D eigenvalue weighted by Crippen LogP contribution is -2.17. The molecule has 3 N–H and O–H groups in total. The van der Waals surface area contributed by atoms with Crippen molar-refractivity contribution in [3.63, 3.8) is 0 Å². The highest BCUT2D eigenvalue weighted by atomic mass is 32.2. The molecule has 1 amide bonds. The third kappa shape index (κ3) is 5.24. The number of hydrogen-bond donors (Lipinski definition) is 2. The number of halogens is 2. The van der Waals surface area contributed by atoms with Gasteiger partial charge in [-0.15, -0.1) is 0 Å². The van der Waals surface area contributed by atoms with Crippen LogP contribution in [0.15, 0.2) is 41.3 Å².